The molecule has 0 saturated carbocycles. The molecular formula is C25H33FN6O6S2. The van der Waals surface area contributed by atoms with Gasteiger partial charge >= 0.3 is 0 Å². The first kappa shape index (κ1) is 29.7. The maximum Gasteiger partial charge on any atom is 0.274 e. The van der Waals surface area contributed by atoms with E-state index >= 15 is 4.39 Å². The molecule has 2 atom stereocenters. The quantitative estimate of drug-likeness (QED) is 0.437. The van der Waals surface area contributed by atoms with Crippen molar-refractivity contribution in [3.8, 4) is 5.75 Å². The molecule has 2 aliphatic heterocycles. The lowest BCUT2D eigenvalue weighted by molar-refractivity contribution is 0.102. The molecule has 2 fully saturated rings. The van der Waals surface area contributed by atoms with E-state index in [0.717, 1.165) is 14.7 Å². The van der Waals surface area contributed by atoms with Gasteiger partial charge in [0.25, 0.3) is 5.91 Å². The smallest absolute Gasteiger partial charge is 0.274 e. The Balaban J connectivity index is 1.78. The van der Waals surface area contributed by atoms with Crippen molar-refractivity contribution in [3.05, 3.63) is 53.6 Å². The van der Waals surface area contributed by atoms with E-state index in [1.54, 1.807) is 19.9 Å². The molecule has 2 saturated heterocycles. The number of methoxy groups -OCH3 is 1. The summed E-state index contributed by atoms with van der Waals surface area (Å²) >= 11 is 0. The lowest BCUT2D eigenvalue weighted by atomic mass is 9.77. The number of aromatic nitrogens is 1. The average molecular weight is 597 g/mol. The summed E-state index contributed by atoms with van der Waals surface area (Å²) in [5, 5.41) is 13.8. The number of ether oxygens (including phenoxy) is 1. The van der Waals surface area contributed by atoms with Crippen LogP contribution in [-0.4, -0.2) is 80.0 Å². The SMILES string of the molecule is COc1ccc(C(=O)Nc2ccc(F)c([C@@]3(C)NC(=N)N(C)S(=O)(=O)[C@@]34CCN(S(=O)(=O)CC(C)C)C4)c2)nc1. The zero-order valence-corrected chi connectivity index (χ0v) is 24.5. The number of carbonyl (C=O) groups is 1. The minimum atomic E-state index is -4.37. The van der Waals surface area contributed by atoms with E-state index in [9.17, 15) is 21.6 Å². The van der Waals surface area contributed by atoms with Gasteiger partial charge in [-0.2, -0.15) is 0 Å². The van der Waals surface area contributed by atoms with Gasteiger partial charge in [-0.05, 0) is 49.6 Å². The molecule has 0 radical (unpaired) electrons. The highest BCUT2D eigenvalue weighted by molar-refractivity contribution is 7.91. The molecule has 3 N–H and O–H groups in total. The summed E-state index contributed by atoms with van der Waals surface area (Å²) in [7, 11) is -5.52. The van der Waals surface area contributed by atoms with Crippen LogP contribution in [-0.2, 0) is 25.6 Å². The predicted octanol–water partition coefficient (Wildman–Crippen LogP) is 1.93. The average Bonchev–Trinajstić information content (AvgIpc) is 3.37. The van der Waals surface area contributed by atoms with Gasteiger partial charge in [0, 0.05) is 31.4 Å². The Morgan fingerprint density at radius 1 is 1.30 bits per heavy atom. The number of carbonyl (C=O) groups excluding carboxylic acids is 1. The fourth-order valence-electron chi connectivity index (χ4n) is 5.33. The van der Waals surface area contributed by atoms with Crippen molar-refractivity contribution in [2.24, 2.45) is 5.92 Å². The van der Waals surface area contributed by atoms with Crippen LogP contribution in [0.15, 0.2) is 36.5 Å². The van der Waals surface area contributed by atoms with E-state index in [1.165, 1.54) is 45.5 Å². The molecule has 2 aliphatic rings. The number of sulfonamides is 2. The van der Waals surface area contributed by atoms with Crippen LogP contribution in [0.3, 0.4) is 0 Å². The number of rotatable bonds is 7. The number of benzene rings is 1. The lowest BCUT2D eigenvalue weighted by Gasteiger charge is -2.52. The molecule has 15 heteroatoms. The number of nitrogens with one attached hydrogen (secondary N) is 3. The van der Waals surface area contributed by atoms with Crippen molar-refractivity contribution in [2.45, 2.75) is 37.5 Å². The number of pyridine rings is 1. The van der Waals surface area contributed by atoms with Crippen LogP contribution in [0.2, 0.25) is 0 Å². The molecule has 3 heterocycles. The van der Waals surface area contributed by atoms with Crippen molar-refractivity contribution in [1.29, 1.82) is 5.41 Å². The molecule has 218 valence electrons. The van der Waals surface area contributed by atoms with E-state index in [1.807, 2.05) is 0 Å². The molecule has 4 rings (SSSR count). The maximum absolute atomic E-state index is 15.6. The van der Waals surface area contributed by atoms with Gasteiger partial charge in [-0.15, -0.1) is 0 Å². The second kappa shape index (κ2) is 10.3. The van der Waals surface area contributed by atoms with E-state index < -0.39 is 54.6 Å². The minimum Gasteiger partial charge on any atom is -0.495 e. The summed E-state index contributed by atoms with van der Waals surface area (Å²) in [6.07, 6.45) is 1.23. The van der Waals surface area contributed by atoms with Crippen molar-refractivity contribution in [1.82, 2.24) is 18.9 Å². The summed E-state index contributed by atoms with van der Waals surface area (Å²) in [4.78, 5) is 16.9. The number of hydrogen-bond acceptors (Lipinski definition) is 8. The Morgan fingerprint density at radius 2 is 2.00 bits per heavy atom. The van der Waals surface area contributed by atoms with Crippen molar-refractivity contribution >= 4 is 37.6 Å². The van der Waals surface area contributed by atoms with Crippen molar-refractivity contribution in [3.63, 3.8) is 0 Å². The molecule has 40 heavy (non-hydrogen) atoms. The third-order valence-electron chi connectivity index (χ3n) is 7.55. The Kier molecular flexibility index (Phi) is 7.62. The fourth-order valence-corrected chi connectivity index (χ4v) is 9.41. The van der Waals surface area contributed by atoms with Gasteiger partial charge in [0.1, 0.15) is 22.0 Å². The highest BCUT2D eigenvalue weighted by atomic mass is 32.2. The standard InChI is InChI=1S/C25H33FN6O6S2/c1-16(2)14-39(34,35)32-11-10-25(15-32)24(3,30-23(27)31(4)40(25,36)37)19-12-17(6-8-20(19)26)29-22(33)21-9-7-18(38-5)13-28-21/h6-9,12-13,16H,10-11,14-15H2,1-5H3,(H2,27,30)(H,29,33)/t24-,25-/m1/s1. The number of halogens is 1. The molecule has 1 spiro atoms. The van der Waals surface area contributed by atoms with Gasteiger partial charge in [-0.1, -0.05) is 13.8 Å². The van der Waals surface area contributed by atoms with Crippen LogP contribution in [0.4, 0.5) is 10.1 Å². The number of guanidine groups is 1. The maximum atomic E-state index is 15.6. The van der Waals surface area contributed by atoms with Crippen LogP contribution in [0.5, 0.6) is 5.75 Å². The monoisotopic (exact) mass is 596 g/mol. The number of anilines is 1. The molecule has 12 nitrogen and oxygen atoms in total. The molecule has 0 unspecified atom stereocenters. The second-order valence-electron chi connectivity index (χ2n) is 10.6. The molecule has 1 aromatic heterocycles. The van der Waals surface area contributed by atoms with Crippen LogP contribution in [0.1, 0.15) is 43.2 Å². The third kappa shape index (κ3) is 4.79. The minimum absolute atomic E-state index is 0.0675. The molecule has 1 amide bonds. The van der Waals surface area contributed by atoms with Gasteiger partial charge in [0.05, 0.1) is 24.6 Å². The zero-order chi connectivity index (χ0) is 29.7. The van der Waals surface area contributed by atoms with Crippen molar-refractivity contribution < 1.29 is 30.8 Å². The van der Waals surface area contributed by atoms with E-state index in [-0.39, 0.29) is 41.6 Å². The third-order valence-corrected chi connectivity index (χ3v) is 12.4. The topological polar surface area (TPSA) is 162 Å². The van der Waals surface area contributed by atoms with Crippen LogP contribution >= 0.6 is 0 Å². The Morgan fingerprint density at radius 3 is 2.60 bits per heavy atom. The van der Waals surface area contributed by atoms with E-state index in [2.05, 4.69) is 15.6 Å². The first-order valence-electron chi connectivity index (χ1n) is 12.5. The predicted molar refractivity (Wildman–Crippen MR) is 148 cm³/mol. The first-order valence-corrected chi connectivity index (χ1v) is 15.6. The van der Waals surface area contributed by atoms with Gasteiger partial charge in [0.15, 0.2) is 0 Å². The number of hydrogen-bond donors (Lipinski definition) is 3. The molecule has 0 aliphatic carbocycles. The zero-order valence-electron chi connectivity index (χ0n) is 22.9. The summed E-state index contributed by atoms with van der Waals surface area (Å²) in [6.45, 7) is 4.42. The van der Waals surface area contributed by atoms with Crippen LogP contribution in [0.25, 0.3) is 0 Å². The van der Waals surface area contributed by atoms with Gasteiger partial charge in [-0.3, -0.25) is 10.2 Å². The van der Waals surface area contributed by atoms with Crippen LogP contribution < -0.4 is 15.4 Å². The normalized spacial score (nSPS) is 24.8. The number of nitrogens with zero attached hydrogens (tertiary/aromatic N) is 3. The summed E-state index contributed by atoms with van der Waals surface area (Å²) in [6, 6.07) is 6.71. The molecule has 1 aromatic carbocycles. The van der Waals surface area contributed by atoms with Crippen molar-refractivity contribution in [2.75, 3.05) is 38.3 Å². The van der Waals surface area contributed by atoms with E-state index in [0.29, 0.717) is 5.75 Å². The van der Waals surface area contributed by atoms with Crippen LogP contribution in [0, 0.1) is 17.1 Å². The fraction of sp³-hybridized carbons (Fsp3) is 0.480. The molecular weight excluding hydrogens is 563 g/mol. The lowest BCUT2D eigenvalue weighted by Crippen LogP contribution is -2.74. The highest BCUT2D eigenvalue weighted by Crippen LogP contribution is 2.50. The second-order valence-corrected chi connectivity index (χ2v) is 14.8. The molecule has 2 aromatic rings. The first-order chi connectivity index (χ1) is 18.6. The number of amides is 1. The Hall–Kier alpha value is -3.30. The van der Waals surface area contributed by atoms with Gasteiger partial charge in [-0.25, -0.2) is 34.8 Å². The Labute approximate surface area is 233 Å². The largest absolute Gasteiger partial charge is 0.495 e. The van der Waals surface area contributed by atoms with E-state index in [4.69, 9.17) is 10.1 Å². The summed E-state index contributed by atoms with van der Waals surface area (Å²) in [5.41, 5.74) is -1.70. The summed E-state index contributed by atoms with van der Waals surface area (Å²) in [5.74, 6) is -1.78. The Bertz CT molecular complexity index is 1550. The summed E-state index contributed by atoms with van der Waals surface area (Å²) < 4.78 is 74.8. The van der Waals surface area contributed by atoms with Gasteiger partial charge < -0.3 is 15.4 Å². The van der Waals surface area contributed by atoms with Gasteiger partial charge in [0.2, 0.25) is 26.0 Å². The molecule has 0 bridgehead atoms. The highest BCUT2D eigenvalue weighted by Gasteiger charge is 2.67.